The third kappa shape index (κ3) is 5.52. The molecule has 0 unspecified atom stereocenters. The van der Waals surface area contributed by atoms with Crippen molar-refractivity contribution in [2.45, 2.75) is 26.8 Å². The van der Waals surface area contributed by atoms with Crippen molar-refractivity contribution in [3.8, 4) is 0 Å². The maximum atomic E-state index is 3.02. The second-order valence-corrected chi connectivity index (χ2v) is 2.74. The summed E-state index contributed by atoms with van der Waals surface area (Å²) in [7, 11) is 2.05. The molecule has 2 nitrogen and oxygen atoms in total. The summed E-state index contributed by atoms with van der Waals surface area (Å²) in [5, 5.41) is 3.02. The van der Waals surface area contributed by atoms with Gasteiger partial charge in [-0.25, -0.2) is 0 Å². The highest BCUT2D eigenvalue weighted by atomic mass is 15.1. The van der Waals surface area contributed by atoms with Gasteiger partial charge in [-0.2, -0.15) is 0 Å². The van der Waals surface area contributed by atoms with Crippen molar-refractivity contribution in [3.63, 3.8) is 0 Å². The van der Waals surface area contributed by atoms with Crippen molar-refractivity contribution in [3.05, 3.63) is 24.7 Å². The number of nitrogens with one attached hydrogen (secondary N) is 1. The molecule has 0 aliphatic carbocycles. The van der Waals surface area contributed by atoms with Crippen LogP contribution in [0.3, 0.4) is 0 Å². The topological polar surface area (TPSA) is 15.3 Å². The molecule has 0 bridgehead atoms. The first kappa shape index (κ1) is 10.1. The quantitative estimate of drug-likeness (QED) is 0.665. The minimum atomic E-state index is 0.554. The van der Waals surface area contributed by atoms with Gasteiger partial charge < -0.3 is 10.2 Å². The Bertz CT molecular complexity index is 136. The van der Waals surface area contributed by atoms with Crippen LogP contribution in [0.15, 0.2) is 24.7 Å². The number of nitrogens with zero attached hydrogens (tertiary/aromatic N) is 1. The van der Waals surface area contributed by atoms with Crippen molar-refractivity contribution < 1.29 is 0 Å². The van der Waals surface area contributed by atoms with E-state index < -0.39 is 0 Å². The summed E-state index contributed by atoms with van der Waals surface area (Å²) in [6, 6.07) is 0.554. The van der Waals surface area contributed by atoms with Gasteiger partial charge in [0.25, 0.3) is 0 Å². The van der Waals surface area contributed by atoms with Crippen LogP contribution in [0.25, 0.3) is 0 Å². The van der Waals surface area contributed by atoms with Crippen LogP contribution in [-0.4, -0.2) is 18.0 Å². The maximum Gasteiger partial charge on any atom is 0.0225 e. The van der Waals surface area contributed by atoms with E-state index >= 15 is 0 Å². The molecule has 2 heteroatoms. The molecule has 0 saturated carbocycles. The molecule has 0 aromatic heterocycles. The Morgan fingerprint density at radius 2 is 1.91 bits per heavy atom. The second kappa shape index (κ2) is 5.83. The maximum absolute atomic E-state index is 3.02. The van der Waals surface area contributed by atoms with Gasteiger partial charge in [-0.1, -0.05) is 6.08 Å². The van der Waals surface area contributed by atoms with Crippen LogP contribution in [0, 0.1) is 0 Å². The average Bonchev–Trinajstić information content (AvgIpc) is 1.97. The molecular formula is C9H18N2. The minimum Gasteiger partial charge on any atom is -0.377 e. The van der Waals surface area contributed by atoms with E-state index in [4.69, 9.17) is 0 Å². The Labute approximate surface area is 69.6 Å². The molecule has 0 aromatic rings. The van der Waals surface area contributed by atoms with Crippen LogP contribution >= 0.6 is 0 Å². The highest BCUT2D eigenvalue weighted by molar-refractivity contribution is 4.86. The summed E-state index contributed by atoms with van der Waals surface area (Å²) in [4.78, 5) is 2.14. The van der Waals surface area contributed by atoms with Gasteiger partial charge >= 0.3 is 0 Å². The fourth-order valence-electron chi connectivity index (χ4n) is 0.485. The van der Waals surface area contributed by atoms with Crippen LogP contribution in [0.4, 0.5) is 0 Å². The van der Waals surface area contributed by atoms with Gasteiger partial charge in [0.1, 0.15) is 0 Å². The molecule has 0 amide bonds. The Hall–Kier alpha value is -0.920. The molecule has 0 fully saturated rings. The zero-order valence-corrected chi connectivity index (χ0v) is 7.83. The predicted octanol–water partition coefficient (Wildman–Crippen LogP) is 1.92. The summed E-state index contributed by atoms with van der Waals surface area (Å²) in [5.74, 6) is 0. The standard InChI is InChI=1S/C9H18N2/c1-5-6-10-7-8-11(4)9(2)3/h5-10H,1-4H3/b6-5-,8-7-. The van der Waals surface area contributed by atoms with E-state index in [0.717, 1.165) is 0 Å². The van der Waals surface area contributed by atoms with Crippen LogP contribution in [-0.2, 0) is 0 Å². The third-order valence-electron chi connectivity index (χ3n) is 1.48. The Balaban J connectivity index is 3.56. The van der Waals surface area contributed by atoms with Crippen LogP contribution < -0.4 is 5.32 Å². The summed E-state index contributed by atoms with van der Waals surface area (Å²) in [6.45, 7) is 6.28. The van der Waals surface area contributed by atoms with E-state index in [9.17, 15) is 0 Å². The Morgan fingerprint density at radius 3 is 2.36 bits per heavy atom. The molecule has 64 valence electrons. The average molecular weight is 154 g/mol. The molecule has 0 aliphatic heterocycles. The van der Waals surface area contributed by atoms with E-state index in [2.05, 4.69) is 31.1 Å². The van der Waals surface area contributed by atoms with E-state index in [-0.39, 0.29) is 0 Å². The number of rotatable bonds is 4. The summed E-state index contributed by atoms with van der Waals surface area (Å²) < 4.78 is 0. The molecule has 0 aliphatic rings. The van der Waals surface area contributed by atoms with Gasteiger partial charge in [0.2, 0.25) is 0 Å². The first-order valence-corrected chi connectivity index (χ1v) is 3.94. The van der Waals surface area contributed by atoms with Crippen molar-refractivity contribution in [2.75, 3.05) is 7.05 Å². The number of hydrogen-bond acceptors (Lipinski definition) is 2. The van der Waals surface area contributed by atoms with Crippen molar-refractivity contribution >= 4 is 0 Å². The molecule has 1 N–H and O–H groups in total. The lowest BCUT2D eigenvalue weighted by molar-refractivity contribution is 0.374. The molecule has 0 heterocycles. The van der Waals surface area contributed by atoms with Crippen molar-refractivity contribution in [1.29, 1.82) is 0 Å². The molecule has 0 saturated heterocycles. The Morgan fingerprint density at radius 1 is 1.27 bits per heavy atom. The predicted molar refractivity (Wildman–Crippen MR) is 50.0 cm³/mol. The Kier molecular flexibility index (Phi) is 5.35. The molecule has 0 spiro atoms. The van der Waals surface area contributed by atoms with Gasteiger partial charge in [0, 0.05) is 25.5 Å². The second-order valence-electron chi connectivity index (χ2n) is 2.74. The molecule has 0 rings (SSSR count). The number of allylic oxidation sites excluding steroid dienone is 1. The molecule has 0 radical (unpaired) electrons. The highest BCUT2D eigenvalue weighted by Crippen LogP contribution is 1.92. The van der Waals surface area contributed by atoms with Crippen molar-refractivity contribution in [1.82, 2.24) is 10.2 Å². The largest absolute Gasteiger partial charge is 0.377 e. The minimum absolute atomic E-state index is 0.554. The zero-order chi connectivity index (χ0) is 8.69. The van der Waals surface area contributed by atoms with E-state index in [1.807, 2.05) is 31.6 Å². The normalized spacial score (nSPS) is 11.7. The fourth-order valence-corrected chi connectivity index (χ4v) is 0.485. The van der Waals surface area contributed by atoms with Crippen molar-refractivity contribution in [2.24, 2.45) is 0 Å². The lowest BCUT2D eigenvalue weighted by Gasteiger charge is -2.17. The molecule has 0 aromatic carbocycles. The lowest BCUT2D eigenvalue weighted by atomic mass is 10.4. The van der Waals surface area contributed by atoms with Gasteiger partial charge in [0.15, 0.2) is 0 Å². The van der Waals surface area contributed by atoms with Crippen LogP contribution in [0.1, 0.15) is 20.8 Å². The first-order chi connectivity index (χ1) is 5.18. The van der Waals surface area contributed by atoms with Crippen LogP contribution in [0.2, 0.25) is 0 Å². The lowest BCUT2D eigenvalue weighted by Crippen LogP contribution is -2.20. The monoisotopic (exact) mass is 154 g/mol. The molecule has 11 heavy (non-hydrogen) atoms. The zero-order valence-electron chi connectivity index (χ0n) is 7.83. The first-order valence-electron chi connectivity index (χ1n) is 3.94. The smallest absolute Gasteiger partial charge is 0.0225 e. The third-order valence-corrected chi connectivity index (χ3v) is 1.48. The molecule has 0 atom stereocenters. The van der Waals surface area contributed by atoms with Crippen LogP contribution in [0.5, 0.6) is 0 Å². The summed E-state index contributed by atoms with van der Waals surface area (Å²) in [6.07, 6.45) is 7.79. The number of hydrogen-bond donors (Lipinski definition) is 1. The van der Waals surface area contributed by atoms with Gasteiger partial charge in [-0.15, -0.1) is 0 Å². The molecular weight excluding hydrogens is 136 g/mol. The van der Waals surface area contributed by atoms with E-state index in [0.29, 0.717) is 6.04 Å². The summed E-state index contributed by atoms with van der Waals surface area (Å²) >= 11 is 0. The highest BCUT2D eigenvalue weighted by Gasteiger charge is 1.93. The SMILES string of the molecule is C/C=C\N/C=C\N(C)C(C)C. The van der Waals surface area contributed by atoms with Gasteiger partial charge in [-0.3, -0.25) is 0 Å². The van der Waals surface area contributed by atoms with Gasteiger partial charge in [-0.05, 0) is 27.0 Å². The summed E-state index contributed by atoms with van der Waals surface area (Å²) in [5.41, 5.74) is 0. The van der Waals surface area contributed by atoms with E-state index in [1.54, 1.807) is 0 Å². The van der Waals surface area contributed by atoms with E-state index in [1.165, 1.54) is 0 Å². The fraction of sp³-hybridized carbons (Fsp3) is 0.556. The van der Waals surface area contributed by atoms with Gasteiger partial charge in [0.05, 0.1) is 0 Å².